The lowest BCUT2D eigenvalue weighted by molar-refractivity contribution is 0.0689. The average Bonchev–Trinajstić information content (AvgIpc) is 2.70. The van der Waals surface area contributed by atoms with Crippen LogP contribution in [0.4, 0.5) is 11.9 Å². The molecule has 2 aromatic rings. The van der Waals surface area contributed by atoms with Gasteiger partial charge in [0.05, 0.1) is 5.69 Å². The minimum Gasteiger partial charge on any atom is -0.476 e. The van der Waals surface area contributed by atoms with Gasteiger partial charge in [-0.1, -0.05) is 5.21 Å². The molecule has 0 saturated heterocycles. The second-order valence-corrected chi connectivity index (χ2v) is 4.29. The molecule has 0 radical (unpaired) electrons. The van der Waals surface area contributed by atoms with E-state index in [9.17, 15) is 4.79 Å². The highest BCUT2D eigenvalue weighted by molar-refractivity contribution is 5.86. The van der Waals surface area contributed by atoms with E-state index in [1.807, 2.05) is 0 Å². The van der Waals surface area contributed by atoms with E-state index in [1.165, 1.54) is 4.68 Å². The number of hydrogen-bond donors (Lipinski definition) is 2. The van der Waals surface area contributed by atoms with Crippen molar-refractivity contribution in [1.29, 1.82) is 0 Å². The van der Waals surface area contributed by atoms with Gasteiger partial charge in [-0.25, -0.2) is 9.48 Å². The summed E-state index contributed by atoms with van der Waals surface area (Å²) in [4.78, 5) is 24.8. The topological polar surface area (TPSA) is 136 Å². The van der Waals surface area contributed by atoms with Crippen LogP contribution in [0.1, 0.15) is 22.0 Å². The molecule has 2 heterocycles. The Bertz CT molecular complexity index is 651. The molecule has 10 nitrogen and oxygen atoms in total. The highest BCUT2D eigenvalue weighted by Gasteiger charge is 2.16. The SMILES string of the molecule is Cc1c(C(=O)O)nnn1Cc1nc(N)nc(N(C)C)n1. The number of anilines is 2. The lowest BCUT2D eigenvalue weighted by Gasteiger charge is -2.11. The van der Waals surface area contributed by atoms with Gasteiger partial charge < -0.3 is 15.7 Å². The van der Waals surface area contributed by atoms with E-state index in [2.05, 4.69) is 25.3 Å². The molecule has 0 aliphatic carbocycles. The largest absolute Gasteiger partial charge is 0.476 e. The number of hydrogen-bond acceptors (Lipinski definition) is 8. The predicted molar refractivity (Wildman–Crippen MR) is 69.4 cm³/mol. The molecular weight excluding hydrogens is 264 g/mol. The van der Waals surface area contributed by atoms with E-state index in [0.717, 1.165) is 0 Å². The minimum atomic E-state index is -1.13. The molecule has 0 fully saturated rings. The summed E-state index contributed by atoms with van der Waals surface area (Å²) in [7, 11) is 3.56. The fraction of sp³-hybridized carbons (Fsp3) is 0.400. The van der Waals surface area contributed by atoms with E-state index in [0.29, 0.717) is 17.5 Å². The van der Waals surface area contributed by atoms with Crippen molar-refractivity contribution in [2.24, 2.45) is 0 Å². The van der Waals surface area contributed by atoms with Crippen molar-refractivity contribution in [2.75, 3.05) is 24.7 Å². The van der Waals surface area contributed by atoms with Gasteiger partial charge >= 0.3 is 5.97 Å². The summed E-state index contributed by atoms with van der Waals surface area (Å²) in [5, 5.41) is 16.3. The van der Waals surface area contributed by atoms with Gasteiger partial charge in [0.25, 0.3) is 0 Å². The number of carboxylic acid groups (broad SMARTS) is 1. The van der Waals surface area contributed by atoms with Crippen LogP contribution in [0.3, 0.4) is 0 Å². The van der Waals surface area contributed by atoms with Crippen LogP contribution >= 0.6 is 0 Å². The van der Waals surface area contributed by atoms with E-state index in [-0.39, 0.29) is 18.2 Å². The van der Waals surface area contributed by atoms with Crippen molar-refractivity contribution in [3.63, 3.8) is 0 Å². The van der Waals surface area contributed by atoms with E-state index in [1.54, 1.807) is 25.9 Å². The summed E-state index contributed by atoms with van der Waals surface area (Å²) in [6.07, 6.45) is 0. The molecule has 20 heavy (non-hydrogen) atoms. The predicted octanol–water partition coefficient (Wildman–Crippen LogP) is -0.834. The van der Waals surface area contributed by atoms with Crippen LogP contribution in [0.2, 0.25) is 0 Å². The summed E-state index contributed by atoms with van der Waals surface area (Å²) in [5.41, 5.74) is 5.94. The standard InChI is InChI=1S/C10H14N8O2/c1-5-7(8(19)20)15-16-18(5)4-6-12-9(11)14-10(13-6)17(2)3/h4H2,1-3H3,(H,19,20)(H2,11,12,13,14). The summed E-state index contributed by atoms with van der Waals surface area (Å²) >= 11 is 0. The first kappa shape index (κ1) is 13.6. The molecule has 0 saturated carbocycles. The molecule has 0 aliphatic rings. The minimum absolute atomic E-state index is 0.0925. The van der Waals surface area contributed by atoms with Crippen LogP contribution in [0.15, 0.2) is 0 Å². The third-order valence-electron chi connectivity index (χ3n) is 2.56. The van der Waals surface area contributed by atoms with Gasteiger partial charge in [-0.3, -0.25) is 0 Å². The van der Waals surface area contributed by atoms with Gasteiger partial charge in [-0.2, -0.15) is 15.0 Å². The number of nitrogen functional groups attached to an aromatic ring is 1. The van der Waals surface area contributed by atoms with E-state index in [4.69, 9.17) is 10.8 Å². The Morgan fingerprint density at radius 2 is 2.05 bits per heavy atom. The maximum Gasteiger partial charge on any atom is 0.358 e. The highest BCUT2D eigenvalue weighted by Crippen LogP contribution is 2.09. The van der Waals surface area contributed by atoms with Gasteiger partial charge in [0.2, 0.25) is 11.9 Å². The number of nitrogens with zero attached hydrogens (tertiary/aromatic N) is 7. The van der Waals surface area contributed by atoms with Crippen molar-refractivity contribution < 1.29 is 9.90 Å². The molecule has 0 aromatic carbocycles. The first-order valence-electron chi connectivity index (χ1n) is 5.69. The molecule has 0 unspecified atom stereocenters. The smallest absolute Gasteiger partial charge is 0.358 e. The molecular formula is C10H14N8O2. The molecule has 0 bridgehead atoms. The number of rotatable bonds is 4. The number of aromatic nitrogens is 6. The zero-order valence-electron chi connectivity index (χ0n) is 11.3. The van der Waals surface area contributed by atoms with Gasteiger partial charge in [0.1, 0.15) is 6.54 Å². The van der Waals surface area contributed by atoms with Crippen LogP contribution in [0.5, 0.6) is 0 Å². The molecule has 2 rings (SSSR count). The van der Waals surface area contributed by atoms with Gasteiger partial charge in [-0.15, -0.1) is 5.10 Å². The third-order valence-corrected chi connectivity index (χ3v) is 2.56. The van der Waals surface area contributed by atoms with Crippen molar-refractivity contribution in [1.82, 2.24) is 29.9 Å². The van der Waals surface area contributed by atoms with Gasteiger partial charge in [-0.05, 0) is 6.92 Å². The monoisotopic (exact) mass is 278 g/mol. The molecule has 0 spiro atoms. The highest BCUT2D eigenvalue weighted by atomic mass is 16.4. The Hall–Kier alpha value is -2.78. The Morgan fingerprint density at radius 1 is 1.35 bits per heavy atom. The van der Waals surface area contributed by atoms with Crippen molar-refractivity contribution in [2.45, 2.75) is 13.5 Å². The summed E-state index contributed by atoms with van der Waals surface area (Å²) in [6, 6.07) is 0. The van der Waals surface area contributed by atoms with E-state index < -0.39 is 5.97 Å². The van der Waals surface area contributed by atoms with Crippen molar-refractivity contribution >= 4 is 17.9 Å². The summed E-state index contributed by atoms with van der Waals surface area (Å²) in [6.45, 7) is 1.78. The van der Waals surface area contributed by atoms with Gasteiger partial charge in [0.15, 0.2) is 11.5 Å². The van der Waals surface area contributed by atoms with E-state index >= 15 is 0 Å². The molecule has 0 amide bonds. The zero-order chi connectivity index (χ0) is 14.9. The normalized spacial score (nSPS) is 10.6. The van der Waals surface area contributed by atoms with Crippen LogP contribution in [0, 0.1) is 6.92 Å². The fourth-order valence-electron chi connectivity index (χ4n) is 1.54. The second kappa shape index (κ2) is 5.07. The molecule has 106 valence electrons. The quantitative estimate of drug-likeness (QED) is 0.733. The second-order valence-electron chi connectivity index (χ2n) is 4.29. The Labute approximate surface area is 114 Å². The Balaban J connectivity index is 2.33. The molecule has 10 heteroatoms. The lowest BCUT2D eigenvalue weighted by Crippen LogP contribution is -2.17. The number of carboxylic acids is 1. The number of carbonyl (C=O) groups is 1. The molecule has 0 aliphatic heterocycles. The Kier molecular flexibility index (Phi) is 3.46. The Morgan fingerprint density at radius 3 is 2.60 bits per heavy atom. The molecule has 3 N–H and O–H groups in total. The van der Waals surface area contributed by atoms with Crippen molar-refractivity contribution in [3.05, 3.63) is 17.2 Å². The fourth-order valence-corrected chi connectivity index (χ4v) is 1.54. The molecule has 0 atom stereocenters. The van der Waals surface area contributed by atoms with Crippen LogP contribution in [0.25, 0.3) is 0 Å². The van der Waals surface area contributed by atoms with Gasteiger partial charge in [0, 0.05) is 14.1 Å². The van der Waals surface area contributed by atoms with Crippen LogP contribution < -0.4 is 10.6 Å². The first-order valence-corrected chi connectivity index (χ1v) is 5.69. The average molecular weight is 278 g/mol. The zero-order valence-corrected chi connectivity index (χ0v) is 11.3. The maximum atomic E-state index is 10.9. The first-order chi connectivity index (χ1) is 9.38. The number of nitrogens with two attached hydrogens (primary N) is 1. The summed E-state index contributed by atoms with van der Waals surface area (Å²) in [5.74, 6) is -0.234. The maximum absolute atomic E-state index is 10.9. The van der Waals surface area contributed by atoms with Crippen LogP contribution in [-0.4, -0.2) is 55.1 Å². The molecule has 2 aromatic heterocycles. The summed E-state index contributed by atoms with van der Waals surface area (Å²) < 4.78 is 1.40. The lowest BCUT2D eigenvalue weighted by atomic mass is 10.3. The van der Waals surface area contributed by atoms with Crippen molar-refractivity contribution in [3.8, 4) is 0 Å². The number of aromatic carboxylic acids is 1. The third kappa shape index (κ3) is 2.63. The van der Waals surface area contributed by atoms with Crippen LogP contribution in [-0.2, 0) is 6.54 Å².